The van der Waals surface area contributed by atoms with Crippen molar-refractivity contribution in [2.75, 3.05) is 11.9 Å². The van der Waals surface area contributed by atoms with E-state index in [-0.39, 0.29) is 18.4 Å². The summed E-state index contributed by atoms with van der Waals surface area (Å²) in [5, 5.41) is 6.97. The Balaban J connectivity index is 1.59. The molecule has 0 bridgehead atoms. The molecule has 0 saturated carbocycles. The number of amides is 2. The Morgan fingerprint density at radius 1 is 1.06 bits per heavy atom. The van der Waals surface area contributed by atoms with Gasteiger partial charge in [-0.2, -0.15) is 5.10 Å². The molecule has 1 heterocycles. The van der Waals surface area contributed by atoms with Gasteiger partial charge in [-0.05, 0) is 68.7 Å². The van der Waals surface area contributed by atoms with E-state index in [4.69, 9.17) is 9.15 Å². The number of rotatable bonds is 7. The lowest BCUT2D eigenvalue weighted by Crippen LogP contribution is -2.25. The molecule has 3 rings (SSSR count). The SMILES string of the molecule is C/C(=N\NC(=O)COc1cccc(C)c1C)c1cccc(NC(=O)c2ccoc2C)c1. The summed E-state index contributed by atoms with van der Waals surface area (Å²) in [6, 6.07) is 14.5. The lowest BCUT2D eigenvalue weighted by atomic mass is 10.1. The molecule has 0 spiro atoms. The highest BCUT2D eigenvalue weighted by Crippen LogP contribution is 2.20. The van der Waals surface area contributed by atoms with E-state index >= 15 is 0 Å². The topological polar surface area (TPSA) is 92.9 Å². The third-order valence-corrected chi connectivity index (χ3v) is 4.90. The molecular formula is C24H25N3O4. The van der Waals surface area contributed by atoms with Crippen LogP contribution in [0.25, 0.3) is 0 Å². The first-order valence-corrected chi connectivity index (χ1v) is 9.83. The summed E-state index contributed by atoms with van der Waals surface area (Å²) in [4.78, 5) is 24.5. The van der Waals surface area contributed by atoms with E-state index in [1.807, 2.05) is 38.1 Å². The molecule has 2 amide bonds. The fourth-order valence-corrected chi connectivity index (χ4v) is 2.91. The maximum absolute atomic E-state index is 12.4. The van der Waals surface area contributed by atoms with Gasteiger partial charge in [0.15, 0.2) is 6.61 Å². The molecule has 160 valence electrons. The summed E-state index contributed by atoms with van der Waals surface area (Å²) < 4.78 is 10.8. The predicted octanol–water partition coefficient (Wildman–Crippen LogP) is 4.38. The van der Waals surface area contributed by atoms with Crippen LogP contribution in [0.1, 0.15) is 39.7 Å². The Hall–Kier alpha value is -3.87. The largest absolute Gasteiger partial charge is 0.483 e. The van der Waals surface area contributed by atoms with Gasteiger partial charge in [0.1, 0.15) is 11.5 Å². The Morgan fingerprint density at radius 3 is 2.58 bits per heavy atom. The van der Waals surface area contributed by atoms with E-state index in [2.05, 4.69) is 15.8 Å². The van der Waals surface area contributed by atoms with Crippen molar-refractivity contribution in [3.05, 3.63) is 82.8 Å². The first kappa shape index (κ1) is 21.8. The van der Waals surface area contributed by atoms with Gasteiger partial charge >= 0.3 is 0 Å². The molecule has 0 aliphatic rings. The van der Waals surface area contributed by atoms with Crippen molar-refractivity contribution >= 4 is 23.2 Å². The van der Waals surface area contributed by atoms with Crippen LogP contribution in [-0.2, 0) is 4.79 Å². The van der Waals surface area contributed by atoms with Crippen molar-refractivity contribution < 1.29 is 18.7 Å². The molecule has 3 aromatic rings. The van der Waals surface area contributed by atoms with Crippen LogP contribution in [-0.4, -0.2) is 24.1 Å². The maximum atomic E-state index is 12.4. The second kappa shape index (κ2) is 9.75. The maximum Gasteiger partial charge on any atom is 0.277 e. The van der Waals surface area contributed by atoms with Crippen molar-refractivity contribution in [3.8, 4) is 5.75 Å². The number of hydrogen-bond acceptors (Lipinski definition) is 5. The average molecular weight is 419 g/mol. The molecule has 1 aromatic heterocycles. The van der Waals surface area contributed by atoms with Crippen LogP contribution >= 0.6 is 0 Å². The fourth-order valence-electron chi connectivity index (χ4n) is 2.91. The molecular weight excluding hydrogens is 394 g/mol. The quantitative estimate of drug-likeness (QED) is 0.439. The predicted molar refractivity (Wildman–Crippen MR) is 120 cm³/mol. The van der Waals surface area contributed by atoms with Crippen molar-refractivity contribution in [3.63, 3.8) is 0 Å². The van der Waals surface area contributed by atoms with Crippen molar-refractivity contribution in [2.45, 2.75) is 27.7 Å². The Morgan fingerprint density at radius 2 is 1.84 bits per heavy atom. The number of hydrazone groups is 1. The number of carbonyl (C=O) groups is 2. The minimum Gasteiger partial charge on any atom is -0.483 e. The standard InChI is InChI=1S/C24H25N3O4/c1-15-7-5-10-22(16(15)2)31-14-23(28)27-26-17(3)19-8-6-9-20(13-19)25-24(29)21-11-12-30-18(21)4/h5-13H,14H2,1-4H3,(H,25,29)(H,27,28)/b26-17+. The Labute approximate surface area is 181 Å². The molecule has 2 aromatic carbocycles. The monoisotopic (exact) mass is 419 g/mol. The normalized spacial score (nSPS) is 11.2. The van der Waals surface area contributed by atoms with E-state index in [0.29, 0.717) is 28.5 Å². The van der Waals surface area contributed by atoms with Gasteiger partial charge in [0.05, 0.1) is 17.5 Å². The zero-order chi connectivity index (χ0) is 22.4. The molecule has 7 heteroatoms. The Kier molecular flexibility index (Phi) is 6.87. The van der Waals surface area contributed by atoms with Gasteiger partial charge in [-0.3, -0.25) is 9.59 Å². The van der Waals surface area contributed by atoms with Gasteiger partial charge in [0.2, 0.25) is 0 Å². The van der Waals surface area contributed by atoms with Crippen LogP contribution in [0.15, 0.2) is 64.3 Å². The van der Waals surface area contributed by atoms with Crippen LogP contribution < -0.4 is 15.5 Å². The summed E-state index contributed by atoms with van der Waals surface area (Å²) in [7, 11) is 0. The zero-order valence-corrected chi connectivity index (χ0v) is 18.0. The summed E-state index contributed by atoms with van der Waals surface area (Å²) in [5.41, 5.74) is 7.04. The van der Waals surface area contributed by atoms with E-state index in [1.54, 1.807) is 38.1 Å². The number of aryl methyl sites for hydroxylation is 2. The van der Waals surface area contributed by atoms with Crippen LogP contribution in [0.3, 0.4) is 0 Å². The average Bonchev–Trinajstić information content (AvgIpc) is 3.19. The highest BCUT2D eigenvalue weighted by molar-refractivity contribution is 6.06. The van der Waals surface area contributed by atoms with Gasteiger partial charge in [0, 0.05) is 5.69 Å². The van der Waals surface area contributed by atoms with Crippen LogP contribution in [0.2, 0.25) is 0 Å². The number of hydrogen-bond donors (Lipinski definition) is 2. The van der Waals surface area contributed by atoms with Gasteiger partial charge in [-0.15, -0.1) is 0 Å². The molecule has 31 heavy (non-hydrogen) atoms. The minimum absolute atomic E-state index is 0.138. The van der Waals surface area contributed by atoms with E-state index in [9.17, 15) is 9.59 Å². The molecule has 0 radical (unpaired) electrons. The molecule has 0 saturated heterocycles. The van der Waals surface area contributed by atoms with E-state index in [1.165, 1.54) is 6.26 Å². The highest BCUT2D eigenvalue weighted by Gasteiger charge is 2.12. The number of ether oxygens (including phenoxy) is 1. The van der Waals surface area contributed by atoms with Crippen molar-refractivity contribution in [1.82, 2.24) is 5.43 Å². The van der Waals surface area contributed by atoms with Gasteiger partial charge in [0.25, 0.3) is 11.8 Å². The lowest BCUT2D eigenvalue weighted by Gasteiger charge is -2.10. The minimum atomic E-state index is -0.361. The highest BCUT2D eigenvalue weighted by atomic mass is 16.5. The first-order valence-electron chi connectivity index (χ1n) is 9.83. The van der Waals surface area contributed by atoms with Crippen molar-refractivity contribution in [1.29, 1.82) is 0 Å². The summed E-state index contributed by atoms with van der Waals surface area (Å²) in [6.07, 6.45) is 1.48. The molecule has 2 N–H and O–H groups in total. The van der Waals surface area contributed by atoms with Gasteiger partial charge in [-0.25, -0.2) is 5.43 Å². The second-order valence-corrected chi connectivity index (χ2v) is 7.14. The number of anilines is 1. The zero-order valence-electron chi connectivity index (χ0n) is 18.0. The van der Waals surface area contributed by atoms with Crippen LogP contribution in [0.4, 0.5) is 5.69 Å². The summed E-state index contributed by atoms with van der Waals surface area (Å²) >= 11 is 0. The number of nitrogens with zero attached hydrogens (tertiary/aromatic N) is 1. The fraction of sp³-hybridized carbons (Fsp3) is 0.208. The smallest absolute Gasteiger partial charge is 0.277 e. The van der Waals surface area contributed by atoms with E-state index in [0.717, 1.165) is 16.7 Å². The second-order valence-electron chi connectivity index (χ2n) is 7.14. The van der Waals surface area contributed by atoms with Gasteiger partial charge in [-0.1, -0.05) is 24.3 Å². The first-order chi connectivity index (χ1) is 14.8. The number of furan rings is 1. The van der Waals surface area contributed by atoms with Crippen LogP contribution in [0.5, 0.6) is 5.75 Å². The Bertz CT molecular complexity index is 1130. The summed E-state index contributed by atoms with van der Waals surface area (Å²) in [5.74, 6) is 0.611. The molecule has 0 aliphatic carbocycles. The third kappa shape index (κ3) is 5.60. The lowest BCUT2D eigenvalue weighted by molar-refractivity contribution is -0.123. The molecule has 0 fully saturated rings. The third-order valence-electron chi connectivity index (χ3n) is 4.90. The van der Waals surface area contributed by atoms with Crippen LogP contribution in [0, 0.1) is 20.8 Å². The van der Waals surface area contributed by atoms with E-state index < -0.39 is 0 Å². The summed E-state index contributed by atoms with van der Waals surface area (Å²) in [6.45, 7) is 7.30. The molecule has 0 atom stereocenters. The van der Waals surface area contributed by atoms with Crippen molar-refractivity contribution in [2.24, 2.45) is 5.10 Å². The number of carbonyl (C=O) groups excluding carboxylic acids is 2. The number of nitrogens with one attached hydrogen (secondary N) is 2. The molecule has 7 nitrogen and oxygen atoms in total. The molecule has 0 aliphatic heterocycles. The number of benzene rings is 2. The molecule has 0 unspecified atom stereocenters. The van der Waals surface area contributed by atoms with Gasteiger partial charge < -0.3 is 14.5 Å².